The lowest BCUT2D eigenvalue weighted by molar-refractivity contribution is -0.114. The van der Waals surface area contributed by atoms with Gasteiger partial charge >= 0.3 is 0 Å². The smallest absolute Gasteiger partial charge is 0.280 e. The second-order valence-electron chi connectivity index (χ2n) is 11.2. The SMILES string of the molecule is C[C@H]1C/C=C/C[C@@H]2CC[C@H]2CN2Cc3ccc(Cl)cc3CCCCOC3=CC=C(CC32)C(=O)/N=[SH](=O)\C1. The van der Waals surface area contributed by atoms with Gasteiger partial charge in [0.2, 0.25) is 0 Å². The van der Waals surface area contributed by atoms with Crippen molar-refractivity contribution in [2.75, 3.05) is 18.9 Å². The highest BCUT2D eigenvalue weighted by atomic mass is 35.5. The van der Waals surface area contributed by atoms with Gasteiger partial charge in [-0.25, -0.2) is 0 Å². The van der Waals surface area contributed by atoms with Gasteiger partial charge in [0, 0.05) is 46.5 Å². The van der Waals surface area contributed by atoms with E-state index in [1.807, 2.05) is 18.2 Å². The summed E-state index contributed by atoms with van der Waals surface area (Å²) in [6.07, 6.45) is 16.4. The zero-order chi connectivity index (χ0) is 25.8. The van der Waals surface area contributed by atoms with Crippen LogP contribution in [0.5, 0.6) is 0 Å². The van der Waals surface area contributed by atoms with Crippen molar-refractivity contribution in [2.45, 2.75) is 70.9 Å². The quantitative estimate of drug-likeness (QED) is 0.309. The predicted molar refractivity (Wildman–Crippen MR) is 151 cm³/mol. The maximum absolute atomic E-state index is 13.1. The van der Waals surface area contributed by atoms with Crippen LogP contribution in [0.15, 0.2) is 58.2 Å². The minimum atomic E-state index is -1.92. The molecule has 1 fully saturated rings. The van der Waals surface area contributed by atoms with Gasteiger partial charge in [-0.3, -0.25) is 13.9 Å². The summed E-state index contributed by atoms with van der Waals surface area (Å²) in [6, 6.07) is 6.24. The highest BCUT2D eigenvalue weighted by Crippen LogP contribution is 2.40. The highest BCUT2D eigenvalue weighted by molar-refractivity contribution is 7.75. The third-order valence-electron chi connectivity index (χ3n) is 8.41. The first kappa shape index (κ1) is 26.7. The van der Waals surface area contributed by atoms with Crippen LogP contribution in [0.2, 0.25) is 5.02 Å². The standard InChI is InChI=1S/C30H39ClN2O3S/c1-21-6-2-3-7-22-9-10-25(22)18-33-19-26-11-13-27(31)16-23(26)8-4-5-15-36-29-14-12-24(17-28(29)33)30(34)32-37(35)20-21/h2-3,11-14,16,21-22,25,28,37H,4-10,15,17-20H2,1H3/b3-2+/t21-,22+,25-,28?/m0/s1. The molecule has 1 amide bonds. The molecule has 0 aromatic heterocycles. The van der Waals surface area contributed by atoms with Crippen molar-refractivity contribution in [2.24, 2.45) is 22.1 Å². The van der Waals surface area contributed by atoms with Crippen molar-refractivity contribution in [3.63, 3.8) is 0 Å². The summed E-state index contributed by atoms with van der Waals surface area (Å²) >= 11 is 6.39. The Bertz CT molecular complexity index is 1180. The Morgan fingerprint density at radius 1 is 1.08 bits per heavy atom. The molecular formula is C30H39ClN2O3S. The molecule has 5 atom stereocenters. The monoisotopic (exact) mass is 542 g/mol. The Hall–Kier alpha value is -1.89. The third kappa shape index (κ3) is 6.76. The number of hydrogen-bond acceptors (Lipinski definition) is 4. The van der Waals surface area contributed by atoms with E-state index in [0.717, 1.165) is 56.0 Å². The molecule has 5 nitrogen and oxygen atoms in total. The van der Waals surface area contributed by atoms with Gasteiger partial charge in [-0.05, 0) is 98.1 Å². The maximum atomic E-state index is 13.1. The molecule has 0 N–H and O–H groups in total. The fourth-order valence-corrected chi connectivity index (χ4v) is 7.32. The molecular weight excluding hydrogens is 504 g/mol. The fraction of sp³-hybridized carbons (Fsp3) is 0.567. The Morgan fingerprint density at radius 3 is 2.76 bits per heavy atom. The largest absolute Gasteiger partial charge is 0.496 e. The van der Waals surface area contributed by atoms with Crippen molar-refractivity contribution >= 4 is 28.1 Å². The summed E-state index contributed by atoms with van der Waals surface area (Å²) in [7, 11) is -1.92. The summed E-state index contributed by atoms with van der Waals surface area (Å²) in [5, 5.41) is 0.780. The molecule has 5 rings (SSSR count). The van der Waals surface area contributed by atoms with Crippen molar-refractivity contribution in [1.29, 1.82) is 0 Å². The van der Waals surface area contributed by atoms with E-state index in [4.69, 9.17) is 16.3 Å². The number of thiol groups is 1. The molecule has 1 aromatic rings. The number of carbonyl (C=O) groups is 1. The number of ether oxygens (including phenoxy) is 1. The molecule has 2 bridgehead atoms. The molecule has 2 aliphatic heterocycles. The third-order valence-corrected chi connectivity index (χ3v) is 9.99. The Kier molecular flexibility index (Phi) is 8.89. The number of allylic oxidation sites excluding steroid dienone is 4. The van der Waals surface area contributed by atoms with Gasteiger partial charge < -0.3 is 4.74 Å². The fourth-order valence-electron chi connectivity index (χ4n) is 6.03. The van der Waals surface area contributed by atoms with Gasteiger partial charge in [-0.1, -0.05) is 36.7 Å². The van der Waals surface area contributed by atoms with E-state index in [-0.39, 0.29) is 17.9 Å². The summed E-state index contributed by atoms with van der Waals surface area (Å²) in [6.45, 7) is 4.51. The first-order valence-corrected chi connectivity index (χ1v) is 15.6. The highest BCUT2D eigenvalue weighted by Gasteiger charge is 2.36. The van der Waals surface area contributed by atoms with Crippen LogP contribution in [0.25, 0.3) is 0 Å². The number of halogens is 1. The molecule has 4 aliphatic rings. The van der Waals surface area contributed by atoms with Crippen LogP contribution < -0.4 is 0 Å². The summed E-state index contributed by atoms with van der Waals surface area (Å²) < 4.78 is 23.2. The second-order valence-corrected chi connectivity index (χ2v) is 12.9. The van der Waals surface area contributed by atoms with Crippen LogP contribution >= 0.6 is 11.6 Å². The molecule has 2 heterocycles. The van der Waals surface area contributed by atoms with E-state index in [2.05, 4.69) is 40.5 Å². The van der Waals surface area contributed by atoms with Crippen LogP contribution in [0.3, 0.4) is 0 Å². The second kappa shape index (κ2) is 12.3. The Morgan fingerprint density at radius 2 is 1.92 bits per heavy atom. The van der Waals surface area contributed by atoms with Gasteiger partial charge in [-0.2, -0.15) is 4.36 Å². The van der Waals surface area contributed by atoms with Crippen molar-refractivity contribution in [1.82, 2.24) is 4.90 Å². The number of benzene rings is 1. The van der Waals surface area contributed by atoms with Crippen LogP contribution in [0.4, 0.5) is 0 Å². The number of amides is 1. The normalized spacial score (nSPS) is 33.0. The zero-order valence-electron chi connectivity index (χ0n) is 21.8. The van der Waals surface area contributed by atoms with Gasteiger partial charge in [0.15, 0.2) is 0 Å². The van der Waals surface area contributed by atoms with Gasteiger partial charge in [0.1, 0.15) is 5.76 Å². The first-order chi connectivity index (χ1) is 18.0. The van der Waals surface area contributed by atoms with Gasteiger partial charge in [-0.15, -0.1) is 0 Å². The average molecular weight is 543 g/mol. The lowest BCUT2D eigenvalue weighted by Crippen LogP contribution is -2.45. The molecule has 7 heteroatoms. The van der Waals surface area contributed by atoms with Crippen LogP contribution in [0.1, 0.15) is 63.0 Å². The molecule has 0 saturated heterocycles. The van der Waals surface area contributed by atoms with Gasteiger partial charge in [0.05, 0.1) is 12.6 Å². The Balaban J connectivity index is 1.52. The van der Waals surface area contributed by atoms with Crippen LogP contribution in [0, 0.1) is 17.8 Å². The zero-order valence-corrected chi connectivity index (χ0v) is 23.4. The molecule has 2 unspecified atom stereocenters. The maximum Gasteiger partial charge on any atom is 0.280 e. The Labute approximate surface area is 228 Å². The number of nitrogens with zero attached hydrogens (tertiary/aromatic N) is 2. The topological polar surface area (TPSA) is 59.0 Å². The molecule has 0 radical (unpaired) electrons. The number of carbonyl (C=O) groups excluding carboxylic acids is 1. The van der Waals surface area contributed by atoms with E-state index in [9.17, 15) is 9.00 Å². The number of hydrogen-bond donors (Lipinski definition) is 1. The minimum Gasteiger partial charge on any atom is -0.496 e. The minimum absolute atomic E-state index is 0.0396. The van der Waals surface area contributed by atoms with E-state index < -0.39 is 10.6 Å². The lowest BCUT2D eigenvalue weighted by Gasteiger charge is -2.43. The van der Waals surface area contributed by atoms with Gasteiger partial charge in [0.25, 0.3) is 5.91 Å². The van der Waals surface area contributed by atoms with Crippen molar-refractivity contribution in [3.8, 4) is 0 Å². The number of fused-ring (bicyclic) bond motifs is 3. The van der Waals surface area contributed by atoms with E-state index in [1.165, 1.54) is 24.0 Å². The summed E-state index contributed by atoms with van der Waals surface area (Å²) in [5.41, 5.74) is 3.24. The lowest BCUT2D eigenvalue weighted by atomic mass is 9.71. The van der Waals surface area contributed by atoms with Crippen molar-refractivity contribution in [3.05, 3.63) is 70.0 Å². The molecule has 1 aromatic carbocycles. The summed E-state index contributed by atoms with van der Waals surface area (Å²) in [4.78, 5) is 15.6. The first-order valence-electron chi connectivity index (χ1n) is 13.9. The van der Waals surface area contributed by atoms with Crippen LogP contribution in [-0.2, 0) is 33.1 Å². The number of aryl methyl sites for hydroxylation is 1. The molecule has 200 valence electrons. The molecule has 1 saturated carbocycles. The van der Waals surface area contributed by atoms with E-state index in [1.54, 1.807) is 0 Å². The van der Waals surface area contributed by atoms with E-state index in [0.29, 0.717) is 36.2 Å². The van der Waals surface area contributed by atoms with Crippen molar-refractivity contribution < 1.29 is 13.7 Å². The molecule has 37 heavy (non-hydrogen) atoms. The summed E-state index contributed by atoms with van der Waals surface area (Å²) in [5.74, 6) is 2.60. The number of rotatable bonds is 0. The molecule has 2 aliphatic carbocycles. The molecule has 0 spiro atoms. The van der Waals surface area contributed by atoms with Crippen LogP contribution in [-0.4, -0.2) is 40.0 Å². The van der Waals surface area contributed by atoms with E-state index >= 15 is 0 Å². The average Bonchev–Trinajstić information content (AvgIpc) is 2.88. The predicted octanol–water partition coefficient (Wildman–Crippen LogP) is 6.28.